The summed E-state index contributed by atoms with van der Waals surface area (Å²) in [6, 6.07) is 4.69. The molecule has 1 aromatic carbocycles. The first kappa shape index (κ1) is 13.4. The fraction of sp³-hybridized carbons (Fsp3) is 0.364. The molecular weight excluding hydrogens is 248 g/mol. The third-order valence-electron chi connectivity index (χ3n) is 2.08. The van der Waals surface area contributed by atoms with Gasteiger partial charge in [-0.2, -0.15) is 11.8 Å². The normalized spacial score (nSPS) is 12.4. The quantitative estimate of drug-likeness (QED) is 0.855. The van der Waals surface area contributed by atoms with Crippen LogP contribution < -0.4 is 0 Å². The summed E-state index contributed by atoms with van der Waals surface area (Å²) in [5, 5.41) is 18.2. The molecule has 0 bridgehead atoms. The minimum absolute atomic E-state index is 0.121. The maximum atomic E-state index is 10.7. The molecule has 0 radical (unpaired) electrons. The second-order valence-electron chi connectivity index (χ2n) is 3.42. The summed E-state index contributed by atoms with van der Waals surface area (Å²) in [4.78, 5) is 10.7. The molecular formula is C11H13ClO3S. The van der Waals surface area contributed by atoms with Crippen LogP contribution in [-0.4, -0.2) is 28.0 Å². The van der Waals surface area contributed by atoms with Crippen molar-refractivity contribution >= 4 is 29.3 Å². The Labute approximate surface area is 103 Å². The van der Waals surface area contributed by atoms with E-state index in [-0.39, 0.29) is 17.4 Å². The number of halogens is 1. The van der Waals surface area contributed by atoms with Gasteiger partial charge >= 0.3 is 5.97 Å². The molecule has 2 N–H and O–H groups in total. The SMILES string of the molecule is CC(CO)SCc1ccc(C(=O)O)cc1Cl. The van der Waals surface area contributed by atoms with E-state index < -0.39 is 5.97 Å². The molecule has 1 atom stereocenters. The van der Waals surface area contributed by atoms with Crippen LogP contribution in [0, 0.1) is 0 Å². The summed E-state index contributed by atoms with van der Waals surface area (Å²) in [5.41, 5.74) is 1.07. The van der Waals surface area contributed by atoms with Crippen LogP contribution in [0.5, 0.6) is 0 Å². The van der Waals surface area contributed by atoms with Crippen molar-refractivity contribution in [2.24, 2.45) is 0 Å². The zero-order chi connectivity index (χ0) is 12.1. The van der Waals surface area contributed by atoms with Gasteiger partial charge in [0.05, 0.1) is 12.2 Å². The molecule has 1 unspecified atom stereocenters. The van der Waals surface area contributed by atoms with Gasteiger partial charge < -0.3 is 10.2 Å². The highest BCUT2D eigenvalue weighted by molar-refractivity contribution is 7.99. The Kier molecular flexibility index (Phi) is 5.12. The van der Waals surface area contributed by atoms with Crippen molar-refractivity contribution in [1.82, 2.24) is 0 Å². The molecule has 0 saturated heterocycles. The van der Waals surface area contributed by atoms with Gasteiger partial charge in [0.2, 0.25) is 0 Å². The first-order chi connectivity index (χ1) is 7.54. The lowest BCUT2D eigenvalue weighted by atomic mass is 10.1. The Morgan fingerprint density at radius 3 is 2.75 bits per heavy atom. The lowest BCUT2D eigenvalue weighted by Crippen LogP contribution is -2.03. The molecule has 0 heterocycles. The van der Waals surface area contributed by atoms with Crippen LogP contribution in [0.25, 0.3) is 0 Å². The second kappa shape index (κ2) is 6.13. The zero-order valence-corrected chi connectivity index (χ0v) is 10.4. The number of rotatable bonds is 5. The lowest BCUT2D eigenvalue weighted by molar-refractivity contribution is 0.0697. The maximum absolute atomic E-state index is 10.7. The molecule has 3 nitrogen and oxygen atoms in total. The van der Waals surface area contributed by atoms with Gasteiger partial charge in [-0.05, 0) is 17.7 Å². The topological polar surface area (TPSA) is 57.5 Å². The number of carbonyl (C=O) groups is 1. The van der Waals surface area contributed by atoms with Crippen molar-refractivity contribution in [3.63, 3.8) is 0 Å². The predicted octanol–water partition coefficient (Wildman–Crippen LogP) is 2.65. The third kappa shape index (κ3) is 3.70. The van der Waals surface area contributed by atoms with E-state index in [9.17, 15) is 4.79 Å². The Morgan fingerprint density at radius 2 is 2.25 bits per heavy atom. The molecule has 16 heavy (non-hydrogen) atoms. The van der Waals surface area contributed by atoms with Crippen molar-refractivity contribution in [3.8, 4) is 0 Å². The van der Waals surface area contributed by atoms with Gasteiger partial charge in [0.1, 0.15) is 0 Å². The highest BCUT2D eigenvalue weighted by Gasteiger charge is 2.08. The van der Waals surface area contributed by atoms with E-state index in [1.165, 1.54) is 12.1 Å². The third-order valence-corrected chi connectivity index (χ3v) is 3.63. The van der Waals surface area contributed by atoms with Gasteiger partial charge in [0.15, 0.2) is 0 Å². The van der Waals surface area contributed by atoms with Gasteiger partial charge in [-0.15, -0.1) is 0 Å². The molecule has 0 aliphatic carbocycles. The van der Waals surface area contributed by atoms with Gasteiger partial charge in [-0.3, -0.25) is 0 Å². The van der Waals surface area contributed by atoms with Gasteiger partial charge in [-0.25, -0.2) is 4.79 Å². The van der Waals surface area contributed by atoms with Crippen LogP contribution in [0.1, 0.15) is 22.8 Å². The smallest absolute Gasteiger partial charge is 0.335 e. The fourth-order valence-electron chi connectivity index (χ4n) is 1.08. The largest absolute Gasteiger partial charge is 0.478 e. The molecule has 0 fully saturated rings. The number of carboxylic acids is 1. The van der Waals surface area contributed by atoms with E-state index in [4.69, 9.17) is 21.8 Å². The number of hydrogen-bond acceptors (Lipinski definition) is 3. The highest BCUT2D eigenvalue weighted by atomic mass is 35.5. The van der Waals surface area contributed by atoms with Crippen molar-refractivity contribution in [2.75, 3.05) is 6.61 Å². The monoisotopic (exact) mass is 260 g/mol. The molecule has 5 heteroatoms. The zero-order valence-electron chi connectivity index (χ0n) is 8.81. The summed E-state index contributed by atoms with van der Waals surface area (Å²) < 4.78 is 0. The van der Waals surface area contributed by atoms with E-state index >= 15 is 0 Å². The van der Waals surface area contributed by atoms with Crippen LogP contribution >= 0.6 is 23.4 Å². The molecule has 0 amide bonds. The molecule has 0 saturated carbocycles. The van der Waals surface area contributed by atoms with Crippen molar-refractivity contribution in [3.05, 3.63) is 34.3 Å². The van der Waals surface area contributed by atoms with Gasteiger partial charge in [0, 0.05) is 16.0 Å². The van der Waals surface area contributed by atoms with Crippen LogP contribution in [0.3, 0.4) is 0 Å². The summed E-state index contributed by atoms with van der Waals surface area (Å²) in [5.74, 6) is -0.315. The number of carboxylic acid groups (broad SMARTS) is 1. The van der Waals surface area contributed by atoms with E-state index in [0.29, 0.717) is 10.8 Å². The predicted molar refractivity (Wildman–Crippen MR) is 66.3 cm³/mol. The van der Waals surface area contributed by atoms with Gasteiger partial charge in [0.25, 0.3) is 0 Å². The highest BCUT2D eigenvalue weighted by Crippen LogP contribution is 2.24. The first-order valence-electron chi connectivity index (χ1n) is 4.78. The molecule has 0 spiro atoms. The molecule has 88 valence electrons. The summed E-state index contributed by atoms with van der Waals surface area (Å²) in [7, 11) is 0. The Bertz CT molecular complexity index is 381. The van der Waals surface area contributed by atoms with Crippen LogP contribution in [-0.2, 0) is 5.75 Å². The van der Waals surface area contributed by atoms with Crippen molar-refractivity contribution < 1.29 is 15.0 Å². The minimum Gasteiger partial charge on any atom is -0.478 e. The first-order valence-corrected chi connectivity index (χ1v) is 6.21. The Morgan fingerprint density at radius 1 is 1.56 bits per heavy atom. The van der Waals surface area contributed by atoms with Crippen LogP contribution in [0.15, 0.2) is 18.2 Å². The molecule has 1 aromatic rings. The average molecular weight is 261 g/mol. The summed E-state index contributed by atoms with van der Waals surface area (Å²) >= 11 is 7.54. The van der Waals surface area contributed by atoms with E-state index in [1.54, 1.807) is 17.8 Å². The van der Waals surface area contributed by atoms with Crippen molar-refractivity contribution in [2.45, 2.75) is 17.9 Å². The van der Waals surface area contributed by atoms with Crippen LogP contribution in [0.4, 0.5) is 0 Å². The number of benzene rings is 1. The number of aromatic carboxylic acids is 1. The standard InChI is InChI=1S/C11H13ClO3S/c1-7(5-13)16-6-9-3-2-8(11(14)15)4-10(9)12/h2-4,7,13H,5-6H2,1H3,(H,14,15). The van der Waals surface area contributed by atoms with E-state index in [0.717, 1.165) is 5.56 Å². The average Bonchev–Trinajstić information content (AvgIpc) is 2.26. The molecule has 0 aliphatic rings. The summed E-state index contributed by atoms with van der Waals surface area (Å²) in [6.07, 6.45) is 0. The number of aliphatic hydroxyl groups is 1. The number of hydrogen-bond donors (Lipinski definition) is 2. The fourth-order valence-corrected chi connectivity index (χ4v) is 2.23. The van der Waals surface area contributed by atoms with E-state index in [1.807, 2.05) is 6.92 Å². The lowest BCUT2D eigenvalue weighted by Gasteiger charge is -2.09. The molecule has 1 rings (SSSR count). The minimum atomic E-state index is -0.982. The van der Waals surface area contributed by atoms with E-state index in [2.05, 4.69) is 0 Å². The van der Waals surface area contributed by atoms with Crippen LogP contribution in [0.2, 0.25) is 5.02 Å². The Hall–Kier alpha value is -0.710. The number of aliphatic hydroxyl groups excluding tert-OH is 1. The maximum Gasteiger partial charge on any atom is 0.335 e. The van der Waals surface area contributed by atoms with Crippen molar-refractivity contribution in [1.29, 1.82) is 0 Å². The van der Waals surface area contributed by atoms with Gasteiger partial charge in [-0.1, -0.05) is 24.6 Å². The summed E-state index contributed by atoms with van der Waals surface area (Å²) in [6.45, 7) is 2.04. The Balaban J connectivity index is 2.72. The molecule has 0 aromatic heterocycles. The second-order valence-corrected chi connectivity index (χ2v) is 5.25. The number of thioether (sulfide) groups is 1. The molecule has 0 aliphatic heterocycles.